The fraction of sp³-hybridized carbons (Fsp3) is 0.804. The van der Waals surface area contributed by atoms with Crippen LogP contribution in [0.15, 0.2) is 48.6 Å². The van der Waals surface area contributed by atoms with Crippen molar-refractivity contribution in [2.24, 2.45) is 0 Å². The number of carbonyl (C=O) groups is 1. The summed E-state index contributed by atoms with van der Waals surface area (Å²) in [7, 11) is 1.62. The van der Waals surface area contributed by atoms with E-state index in [1.807, 2.05) is 21.1 Å². The van der Waals surface area contributed by atoms with Crippen LogP contribution in [0.5, 0.6) is 0 Å². The van der Waals surface area contributed by atoms with Crippen LogP contribution in [0.3, 0.4) is 0 Å². The Hall–Kier alpha value is -1.58. The number of aliphatic hydroxyl groups excluding tert-OH is 1. The van der Waals surface area contributed by atoms with Crippen molar-refractivity contribution < 1.29 is 42.4 Å². The maximum Gasteiger partial charge on any atom is 0.472 e. The van der Waals surface area contributed by atoms with Crippen molar-refractivity contribution in [1.82, 2.24) is 0 Å². The van der Waals surface area contributed by atoms with Gasteiger partial charge in [-0.1, -0.05) is 158 Å². The zero-order valence-electron chi connectivity index (χ0n) is 36.6. The fourth-order valence-corrected chi connectivity index (χ4v) is 6.68. The van der Waals surface area contributed by atoms with E-state index in [2.05, 4.69) is 55.5 Å². The molecule has 2 unspecified atom stereocenters. The Morgan fingerprint density at radius 1 is 0.589 bits per heavy atom. The average Bonchev–Trinajstić information content (AvgIpc) is 3.15. The van der Waals surface area contributed by atoms with Gasteiger partial charge in [0.2, 0.25) is 0 Å². The predicted molar refractivity (Wildman–Crippen MR) is 235 cm³/mol. The summed E-state index contributed by atoms with van der Waals surface area (Å²) in [5.74, 6) is -0.375. The Balaban J connectivity index is 4.31. The van der Waals surface area contributed by atoms with Gasteiger partial charge in [0, 0.05) is 19.6 Å². The molecule has 0 aliphatic heterocycles. The van der Waals surface area contributed by atoms with Gasteiger partial charge in [-0.2, -0.15) is 0 Å². The molecule has 0 aromatic rings. The van der Waals surface area contributed by atoms with E-state index in [-0.39, 0.29) is 38.8 Å². The minimum absolute atomic E-state index is 0.0733. The van der Waals surface area contributed by atoms with Crippen LogP contribution in [0.25, 0.3) is 0 Å². The maximum absolute atomic E-state index is 12.7. The summed E-state index contributed by atoms with van der Waals surface area (Å²) in [5, 5.41) is 8.80. The van der Waals surface area contributed by atoms with Crippen molar-refractivity contribution in [3.8, 4) is 0 Å². The summed E-state index contributed by atoms with van der Waals surface area (Å²) < 4.78 is 34.9. The van der Waals surface area contributed by atoms with Gasteiger partial charge < -0.3 is 24.0 Å². The van der Waals surface area contributed by atoms with Crippen molar-refractivity contribution in [2.75, 3.05) is 60.7 Å². The third-order valence-electron chi connectivity index (χ3n) is 9.45. The lowest BCUT2D eigenvalue weighted by molar-refractivity contribution is -0.870. The molecule has 0 saturated heterocycles. The molecule has 2 N–H and O–H groups in total. The lowest BCUT2D eigenvalue weighted by Crippen LogP contribution is -2.37. The first-order valence-corrected chi connectivity index (χ1v) is 24.0. The Morgan fingerprint density at radius 2 is 1.05 bits per heavy atom. The minimum atomic E-state index is -4.29. The summed E-state index contributed by atoms with van der Waals surface area (Å²) in [4.78, 5) is 22.9. The number of aliphatic hydroxyl groups is 1. The maximum atomic E-state index is 12.7. The van der Waals surface area contributed by atoms with E-state index in [1.165, 1.54) is 89.9 Å². The van der Waals surface area contributed by atoms with Crippen molar-refractivity contribution in [3.63, 3.8) is 0 Å². The molecule has 0 radical (unpaired) electrons. The number of carbonyl (C=O) groups excluding carboxylic acids is 1. The third kappa shape index (κ3) is 43.5. The Kier molecular flexibility index (Phi) is 39.1. The molecule has 0 heterocycles. The second-order valence-corrected chi connectivity index (χ2v) is 17.6. The van der Waals surface area contributed by atoms with Gasteiger partial charge >= 0.3 is 13.8 Å². The van der Waals surface area contributed by atoms with Gasteiger partial charge in [0.05, 0.1) is 34.4 Å². The van der Waals surface area contributed by atoms with Crippen molar-refractivity contribution in [2.45, 2.75) is 180 Å². The predicted octanol–water partition coefficient (Wildman–Crippen LogP) is 12.1. The molecule has 0 amide bonds. The molecule has 56 heavy (non-hydrogen) atoms. The molecular weight excluding hydrogens is 725 g/mol. The van der Waals surface area contributed by atoms with Crippen molar-refractivity contribution in [3.05, 3.63) is 48.6 Å². The molecular formula is C46H87NO8P+. The number of unbranched alkanes of at least 4 members (excludes halogenated alkanes) is 19. The number of phosphoric ester groups is 1. The van der Waals surface area contributed by atoms with E-state index in [4.69, 9.17) is 23.6 Å². The molecule has 0 aromatic carbocycles. The summed E-state index contributed by atoms with van der Waals surface area (Å²) in [6, 6.07) is 0. The van der Waals surface area contributed by atoms with Crippen LogP contribution in [-0.2, 0) is 27.9 Å². The number of esters is 1. The van der Waals surface area contributed by atoms with Crippen LogP contribution >= 0.6 is 7.82 Å². The van der Waals surface area contributed by atoms with Crippen molar-refractivity contribution in [1.29, 1.82) is 0 Å². The topological polar surface area (TPSA) is 112 Å². The first-order valence-electron chi connectivity index (χ1n) is 22.5. The van der Waals surface area contributed by atoms with Gasteiger partial charge in [-0.25, -0.2) is 4.57 Å². The second kappa shape index (κ2) is 40.2. The van der Waals surface area contributed by atoms with E-state index in [0.29, 0.717) is 24.1 Å². The summed E-state index contributed by atoms with van der Waals surface area (Å²) in [5.41, 5.74) is 0. The highest BCUT2D eigenvalue weighted by molar-refractivity contribution is 7.47. The van der Waals surface area contributed by atoms with Crippen LogP contribution in [0, 0.1) is 0 Å². The number of nitrogens with zero attached hydrogens (tertiary/aromatic N) is 1. The van der Waals surface area contributed by atoms with E-state index in [1.54, 1.807) is 0 Å². The number of phosphoric acid groups is 1. The zero-order valence-corrected chi connectivity index (χ0v) is 37.5. The highest BCUT2D eigenvalue weighted by atomic mass is 31.2. The lowest BCUT2D eigenvalue weighted by atomic mass is 10.0. The molecule has 0 aromatic heterocycles. The molecule has 9 nitrogen and oxygen atoms in total. The molecule has 328 valence electrons. The van der Waals surface area contributed by atoms with E-state index in [0.717, 1.165) is 64.2 Å². The molecule has 10 heteroatoms. The standard InChI is InChI=1S/C46H86NO8P/c1-5-6-7-8-9-10-11-12-13-19-22-25-28-31-34-37-41-52-43-45(44-54-56(50,51)53-42-39-47(2,3)4)55-46(49)38-35-32-29-26-23-20-17-15-14-16-18-21-24-27-30-33-36-40-48/h14,16-17,20-21,24,26,29,45,48H,5-13,15,18-19,22-23,25,27-28,30-44H2,1-4H3/p+1/b16-14-,20-17-,24-21-,29-26-. The van der Waals surface area contributed by atoms with Gasteiger partial charge in [-0.15, -0.1) is 0 Å². The molecule has 0 rings (SSSR count). The first-order chi connectivity index (χ1) is 27.1. The lowest BCUT2D eigenvalue weighted by Gasteiger charge is -2.24. The Morgan fingerprint density at radius 3 is 1.55 bits per heavy atom. The first kappa shape index (κ1) is 54.4. The molecule has 0 aliphatic rings. The van der Waals surface area contributed by atoms with Gasteiger partial charge in [0.25, 0.3) is 0 Å². The monoisotopic (exact) mass is 813 g/mol. The Labute approximate surface area is 344 Å². The zero-order chi connectivity index (χ0) is 41.3. The average molecular weight is 813 g/mol. The van der Waals surface area contributed by atoms with E-state index < -0.39 is 13.9 Å². The quantitative estimate of drug-likeness (QED) is 0.0206. The molecule has 0 spiro atoms. The molecule has 0 bridgehead atoms. The fourth-order valence-electron chi connectivity index (χ4n) is 5.94. The molecule has 2 atom stereocenters. The van der Waals surface area contributed by atoms with Gasteiger partial charge in [-0.3, -0.25) is 13.8 Å². The van der Waals surface area contributed by atoms with Gasteiger partial charge in [-0.05, 0) is 57.8 Å². The van der Waals surface area contributed by atoms with Crippen LogP contribution in [0.2, 0.25) is 0 Å². The number of hydrogen-bond donors (Lipinski definition) is 2. The normalized spacial score (nSPS) is 14.2. The largest absolute Gasteiger partial charge is 0.472 e. The van der Waals surface area contributed by atoms with Crippen LogP contribution < -0.4 is 0 Å². The van der Waals surface area contributed by atoms with E-state index >= 15 is 0 Å². The smallest absolute Gasteiger partial charge is 0.457 e. The number of hydrogen-bond acceptors (Lipinski definition) is 7. The van der Waals surface area contributed by atoms with Crippen LogP contribution in [0.4, 0.5) is 0 Å². The van der Waals surface area contributed by atoms with Gasteiger partial charge in [0.15, 0.2) is 0 Å². The van der Waals surface area contributed by atoms with Gasteiger partial charge in [0.1, 0.15) is 19.3 Å². The minimum Gasteiger partial charge on any atom is -0.457 e. The summed E-state index contributed by atoms with van der Waals surface area (Å²) in [6.45, 7) is 3.56. The summed E-state index contributed by atoms with van der Waals surface area (Å²) in [6.07, 6.45) is 45.9. The molecule has 0 saturated carbocycles. The van der Waals surface area contributed by atoms with E-state index in [9.17, 15) is 14.3 Å². The highest BCUT2D eigenvalue weighted by Gasteiger charge is 2.26. The number of rotatable bonds is 42. The number of allylic oxidation sites excluding steroid dienone is 8. The SMILES string of the molecule is CCCCCCCCCCCCCCCCCCOCC(COP(=O)(O)OCC[N+](C)(C)C)OC(=O)CCC/C=C\C/C=C\C/C=C\C/C=C\CCCCCO. The second-order valence-electron chi connectivity index (χ2n) is 16.2. The summed E-state index contributed by atoms with van der Waals surface area (Å²) >= 11 is 0. The number of likely N-dealkylation sites (N-methyl/N-ethyl adjacent to an activating group) is 1. The van der Waals surface area contributed by atoms with Crippen LogP contribution in [0.1, 0.15) is 174 Å². The van der Waals surface area contributed by atoms with Crippen LogP contribution in [-0.4, -0.2) is 87.3 Å². The van der Waals surface area contributed by atoms with Crippen molar-refractivity contribution >= 4 is 13.8 Å². The third-order valence-corrected chi connectivity index (χ3v) is 10.4. The molecule has 0 fully saturated rings. The number of ether oxygens (including phenoxy) is 2. The number of quaternary nitrogens is 1. The Bertz CT molecular complexity index is 1040. The highest BCUT2D eigenvalue weighted by Crippen LogP contribution is 2.43. The molecule has 0 aliphatic carbocycles.